The molecule has 1 aromatic rings. The van der Waals surface area contributed by atoms with Gasteiger partial charge in [-0.2, -0.15) is 0 Å². The summed E-state index contributed by atoms with van der Waals surface area (Å²) in [5.74, 6) is 0.246. The zero-order chi connectivity index (χ0) is 13.0. The second kappa shape index (κ2) is 5.71. The molecule has 0 bridgehead atoms. The molecular weight excluding hydrogens is 216 g/mol. The lowest BCUT2D eigenvalue weighted by molar-refractivity contribution is 0.0372. The predicted octanol–water partition coefficient (Wildman–Crippen LogP) is 3.35. The molecule has 0 aromatic heterocycles. The standard InChI is InChI=1S/C14H20O3/c1-9(2)16-13-7-6-11(5)8-12(13)14(15)17-10(3)4/h6-10H,1-5H3. The highest BCUT2D eigenvalue weighted by Crippen LogP contribution is 2.22. The molecule has 0 unspecified atom stereocenters. The second-order valence-corrected chi connectivity index (χ2v) is 4.62. The first-order chi connectivity index (χ1) is 7.90. The molecule has 0 aliphatic heterocycles. The fourth-order valence-electron chi connectivity index (χ4n) is 1.44. The molecule has 0 spiro atoms. The van der Waals surface area contributed by atoms with Crippen molar-refractivity contribution in [2.24, 2.45) is 0 Å². The van der Waals surface area contributed by atoms with Gasteiger partial charge in [-0.25, -0.2) is 4.79 Å². The molecule has 0 fully saturated rings. The van der Waals surface area contributed by atoms with E-state index in [-0.39, 0.29) is 18.2 Å². The van der Waals surface area contributed by atoms with Crippen LogP contribution in [-0.4, -0.2) is 18.2 Å². The molecule has 0 N–H and O–H groups in total. The van der Waals surface area contributed by atoms with Crippen LogP contribution in [0.5, 0.6) is 5.75 Å². The Bertz CT molecular complexity index is 394. The van der Waals surface area contributed by atoms with E-state index in [1.807, 2.05) is 46.8 Å². The highest BCUT2D eigenvalue weighted by Gasteiger charge is 2.16. The largest absolute Gasteiger partial charge is 0.490 e. The fourth-order valence-corrected chi connectivity index (χ4v) is 1.44. The van der Waals surface area contributed by atoms with E-state index in [1.54, 1.807) is 6.07 Å². The molecule has 1 aromatic carbocycles. The number of hydrogen-bond donors (Lipinski definition) is 0. The van der Waals surface area contributed by atoms with Crippen molar-refractivity contribution < 1.29 is 14.3 Å². The first-order valence-electron chi connectivity index (χ1n) is 5.88. The molecule has 3 nitrogen and oxygen atoms in total. The van der Waals surface area contributed by atoms with Gasteiger partial charge in [0, 0.05) is 0 Å². The van der Waals surface area contributed by atoms with Gasteiger partial charge in [-0.3, -0.25) is 0 Å². The third kappa shape index (κ3) is 4.10. The molecule has 0 heterocycles. The smallest absolute Gasteiger partial charge is 0.342 e. The molecule has 94 valence electrons. The second-order valence-electron chi connectivity index (χ2n) is 4.62. The maximum absolute atomic E-state index is 11.9. The minimum Gasteiger partial charge on any atom is -0.490 e. The molecule has 0 atom stereocenters. The highest BCUT2D eigenvalue weighted by atomic mass is 16.5. The van der Waals surface area contributed by atoms with E-state index >= 15 is 0 Å². The van der Waals surface area contributed by atoms with Crippen molar-refractivity contribution >= 4 is 5.97 Å². The van der Waals surface area contributed by atoms with E-state index < -0.39 is 0 Å². The number of hydrogen-bond acceptors (Lipinski definition) is 3. The number of aryl methyl sites for hydroxylation is 1. The van der Waals surface area contributed by atoms with E-state index in [0.717, 1.165) is 5.56 Å². The van der Waals surface area contributed by atoms with Crippen LogP contribution in [0.25, 0.3) is 0 Å². The first kappa shape index (κ1) is 13.6. The van der Waals surface area contributed by atoms with Crippen molar-refractivity contribution in [1.82, 2.24) is 0 Å². The number of carbonyl (C=O) groups excluding carboxylic acids is 1. The van der Waals surface area contributed by atoms with Gasteiger partial charge in [-0.1, -0.05) is 11.6 Å². The average molecular weight is 236 g/mol. The Hall–Kier alpha value is -1.51. The molecule has 0 aliphatic carbocycles. The number of rotatable bonds is 4. The SMILES string of the molecule is Cc1ccc(OC(C)C)c(C(=O)OC(C)C)c1. The summed E-state index contributed by atoms with van der Waals surface area (Å²) in [5.41, 5.74) is 1.50. The molecule has 0 saturated heterocycles. The summed E-state index contributed by atoms with van der Waals surface area (Å²) in [6.07, 6.45) is -0.0989. The van der Waals surface area contributed by atoms with Crippen LogP contribution in [0.4, 0.5) is 0 Å². The molecule has 1 rings (SSSR count). The van der Waals surface area contributed by atoms with Crippen LogP contribution in [0, 0.1) is 6.92 Å². The van der Waals surface area contributed by atoms with Gasteiger partial charge in [0.25, 0.3) is 0 Å². The highest BCUT2D eigenvalue weighted by molar-refractivity contribution is 5.92. The lowest BCUT2D eigenvalue weighted by Gasteiger charge is -2.15. The summed E-state index contributed by atoms with van der Waals surface area (Å²) in [6, 6.07) is 5.53. The Balaban J connectivity index is 3.02. The Morgan fingerprint density at radius 3 is 2.29 bits per heavy atom. The minimum atomic E-state index is -0.334. The van der Waals surface area contributed by atoms with E-state index in [1.165, 1.54) is 0 Å². The monoisotopic (exact) mass is 236 g/mol. The topological polar surface area (TPSA) is 35.5 Å². The van der Waals surface area contributed by atoms with Gasteiger partial charge < -0.3 is 9.47 Å². The minimum absolute atomic E-state index is 0.0308. The summed E-state index contributed by atoms with van der Waals surface area (Å²) >= 11 is 0. The lowest BCUT2D eigenvalue weighted by Crippen LogP contribution is -2.15. The number of carbonyl (C=O) groups is 1. The Kier molecular flexibility index (Phi) is 4.55. The van der Waals surface area contributed by atoms with Gasteiger partial charge in [0.15, 0.2) is 0 Å². The van der Waals surface area contributed by atoms with Crippen LogP contribution >= 0.6 is 0 Å². The van der Waals surface area contributed by atoms with Crippen molar-refractivity contribution in [1.29, 1.82) is 0 Å². The van der Waals surface area contributed by atoms with E-state index in [9.17, 15) is 4.79 Å². The maximum Gasteiger partial charge on any atom is 0.342 e. The molecule has 0 saturated carbocycles. The zero-order valence-electron chi connectivity index (χ0n) is 11.1. The Labute approximate surface area is 103 Å². The summed E-state index contributed by atoms with van der Waals surface area (Å²) < 4.78 is 10.8. The summed E-state index contributed by atoms with van der Waals surface area (Å²) in [7, 11) is 0. The number of ether oxygens (including phenoxy) is 2. The molecule has 17 heavy (non-hydrogen) atoms. The molecule has 0 aliphatic rings. The molecule has 3 heteroatoms. The van der Waals surface area contributed by atoms with Crippen molar-refractivity contribution in [3.63, 3.8) is 0 Å². The Morgan fingerprint density at radius 1 is 1.12 bits per heavy atom. The van der Waals surface area contributed by atoms with E-state index in [0.29, 0.717) is 11.3 Å². The van der Waals surface area contributed by atoms with Gasteiger partial charge >= 0.3 is 5.97 Å². The van der Waals surface area contributed by atoms with E-state index in [4.69, 9.17) is 9.47 Å². The van der Waals surface area contributed by atoms with E-state index in [2.05, 4.69) is 0 Å². The first-order valence-corrected chi connectivity index (χ1v) is 5.88. The molecule has 0 radical (unpaired) electrons. The lowest BCUT2D eigenvalue weighted by atomic mass is 10.1. The van der Waals surface area contributed by atoms with Crippen LogP contribution in [0.1, 0.15) is 43.6 Å². The van der Waals surface area contributed by atoms with Crippen molar-refractivity contribution in [2.75, 3.05) is 0 Å². The average Bonchev–Trinajstić information content (AvgIpc) is 2.19. The summed E-state index contributed by atoms with van der Waals surface area (Å²) in [6.45, 7) is 9.45. The van der Waals surface area contributed by atoms with Gasteiger partial charge in [-0.15, -0.1) is 0 Å². The van der Waals surface area contributed by atoms with Crippen molar-refractivity contribution in [2.45, 2.75) is 46.8 Å². The van der Waals surface area contributed by atoms with Crippen LogP contribution in [-0.2, 0) is 4.74 Å². The number of benzene rings is 1. The third-order valence-corrected chi connectivity index (χ3v) is 2.06. The van der Waals surface area contributed by atoms with Crippen LogP contribution in [0.15, 0.2) is 18.2 Å². The van der Waals surface area contributed by atoms with Crippen molar-refractivity contribution in [3.05, 3.63) is 29.3 Å². The van der Waals surface area contributed by atoms with Crippen LogP contribution < -0.4 is 4.74 Å². The van der Waals surface area contributed by atoms with Gasteiger partial charge in [0.05, 0.1) is 12.2 Å². The quantitative estimate of drug-likeness (QED) is 0.752. The predicted molar refractivity (Wildman–Crippen MR) is 67.5 cm³/mol. The van der Waals surface area contributed by atoms with Gasteiger partial charge in [-0.05, 0) is 46.8 Å². The summed E-state index contributed by atoms with van der Waals surface area (Å²) in [5, 5.41) is 0. The zero-order valence-corrected chi connectivity index (χ0v) is 11.1. The molecular formula is C14H20O3. The van der Waals surface area contributed by atoms with Crippen LogP contribution in [0.3, 0.4) is 0 Å². The van der Waals surface area contributed by atoms with Gasteiger partial charge in [0.1, 0.15) is 11.3 Å². The van der Waals surface area contributed by atoms with Gasteiger partial charge in [0.2, 0.25) is 0 Å². The van der Waals surface area contributed by atoms with Crippen molar-refractivity contribution in [3.8, 4) is 5.75 Å². The number of esters is 1. The fraction of sp³-hybridized carbons (Fsp3) is 0.500. The Morgan fingerprint density at radius 2 is 1.76 bits per heavy atom. The normalized spacial score (nSPS) is 10.8. The third-order valence-electron chi connectivity index (χ3n) is 2.06. The maximum atomic E-state index is 11.9. The molecule has 0 amide bonds. The summed E-state index contributed by atoms with van der Waals surface area (Å²) in [4.78, 5) is 11.9. The van der Waals surface area contributed by atoms with Crippen LogP contribution in [0.2, 0.25) is 0 Å².